The Balaban J connectivity index is 1.94. The lowest BCUT2D eigenvalue weighted by Crippen LogP contribution is -2.27. The molecule has 2 N–H and O–H groups in total. The maximum Gasteiger partial charge on any atom is 0.270 e. The van der Waals surface area contributed by atoms with Gasteiger partial charge in [0.05, 0.1) is 0 Å². The van der Waals surface area contributed by atoms with E-state index in [4.69, 9.17) is 0 Å². The maximum absolute atomic E-state index is 12.5. The number of amides is 2. The van der Waals surface area contributed by atoms with Gasteiger partial charge in [-0.1, -0.05) is 12.1 Å². The molecule has 25 heavy (non-hydrogen) atoms. The Morgan fingerprint density at radius 2 is 1.92 bits per heavy atom. The van der Waals surface area contributed by atoms with Crippen LogP contribution >= 0.6 is 0 Å². The second-order valence-corrected chi connectivity index (χ2v) is 5.53. The Morgan fingerprint density at radius 1 is 1.12 bits per heavy atom. The summed E-state index contributed by atoms with van der Waals surface area (Å²) in [7, 11) is 1.53. The number of hydrogen-bond donors (Lipinski definition) is 2. The second-order valence-electron chi connectivity index (χ2n) is 5.53. The highest BCUT2D eigenvalue weighted by molar-refractivity contribution is 6.04. The monoisotopic (exact) mass is 336 g/mol. The van der Waals surface area contributed by atoms with Gasteiger partial charge < -0.3 is 10.6 Å². The molecule has 0 aliphatic carbocycles. The molecule has 0 bridgehead atoms. The number of anilines is 1. The van der Waals surface area contributed by atoms with Crippen LogP contribution in [0.5, 0.6) is 0 Å². The van der Waals surface area contributed by atoms with Crippen molar-refractivity contribution in [3.8, 4) is 0 Å². The molecule has 0 fully saturated rings. The van der Waals surface area contributed by atoms with E-state index in [1.807, 2.05) is 13.0 Å². The van der Waals surface area contributed by atoms with Crippen LogP contribution in [0.2, 0.25) is 0 Å². The molecule has 7 nitrogen and oxygen atoms in total. The fourth-order valence-corrected chi connectivity index (χ4v) is 2.42. The van der Waals surface area contributed by atoms with Crippen molar-refractivity contribution in [3.05, 3.63) is 75.8 Å². The number of aryl methyl sites for hydroxylation is 1. The van der Waals surface area contributed by atoms with Gasteiger partial charge in [-0.15, -0.1) is 0 Å². The Kier molecular flexibility index (Phi) is 4.30. The summed E-state index contributed by atoms with van der Waals surface area (Å²) in [5.41, 5.74) is 1.65. The molecule has 2 amide bonds. The highest BCUT2D eigenvalue weighted by atomic mass is 16.2. The molecular formula is C18H16N4O3. The van der Waals surface area contributed by atoms with Gasteiger partial charge in [0.2, 0.25) is 0 Å². The summed E-state index contributed by atoms with van der Waals surface area (Å²) in [5, 5.41) is 5.14. The summed E-state index contributed by atoms with van der Waals surface area (Å²) in [6.07, 6.45) is 2.89. The molecule has 0 unspecified atom stereocenters. The SMILES string of the molecule is CNC(=O)c1cccc(NC(=O)c2cnc3ccc(C)cn3c2=O)c1. The van der Waals surface area contributed by atoms with E-state index in [2.05, 4.69) is 15.6 Å². The van der Waals surface area contributed by atoms with Crippen molar-refractivity contribution in [3.63, 3.8) is 0 Å². The van der Waals surface area contributed by atoms with Gasteiger partial charge in [-0.2, -0.15) is 0 Å². The van der Waals surface area contributed by atoms with Gasteiger partial charge in [-0.3, -0.25) is 18.8 Å². The van der Waals surface area contributed by atoms with Crippen LogP contribution in [0.15, 0.2) is 53.6 Å². The molecule has 0 aliphatic heterocycles. The van der Waals surface area contributed by atoms with Gasteiger partial charge in [0.1, 0.15) is 11.2 Å². The third-order valence-corrected chi connectivity index (χ3v) is 3.70. The van der Waals surface area contributed by atoms with E-state index in [9.17, 15) is 14.4 Å². The Hall–Kier alpha value is -3.48. The van der Waals surface area contributed by atoms with Crippen molar-refractivity contribution in [1.82, 2.24) is 14.7 Å². The van der Waals surface area contributed by atoms with Gasteiger partial charge in [-0.05, 0) is 36.8 Å². The summed E-state index contributed by atoms with van der Waals surface area (Å²) in [5.74, 6) is -0.846. The molecule has 3 rings (SSSR count). The van der Waals surface area contributed by atoms with Crippen molar-refractivity contribution < 1.29 is 9.59 Å². The topological polar surface area (TPSA) is 92.6 Å². The van der Waals surface area contributed by atoms with E-state index < -0.39 is 11.5 Å². The van der Waals surface area contributed by atoms with Crippen LogP contribution in [-0.2, 0) is 0 Å². The fraction of sp³-hybridized carbons (Fsp3) is 0.111. The van der Waals surface area contributed by atoms with Crippen LogP contribution in [0.3, 0.4) is 0 Å². The summed E-state index contributed by atoms with van der Waals surface area (Å²) in [4.78, 5) is 40.8. The highest BCUT2D eigenvalue weighted by Gasteiger charge is 2.14. The van der Waals surface area contributed by atoms with Crippen LogP contribution in [0.1, 0.15) is 26.3 Å². The number of nitrogens with zero attached hydrogens (tertiary/aromatic N) is 2. The molecule has 3 aromatic rings. The highest BCUT2D eigenvalue weighted by Crippen LogP contribution is 2.12. The normalized spacial score (nSPS) is 10.5. The van der Waals surface area contributed by atoms with Gasteiger partial charge in [0.15, 0.2) is 0 Å². The zero-order chi connectivity index (χ0) is 18.0. The van der Waals surface area contributed by atoms with Crippen LogP contribution in [0, 0.1) is 6.92 Å². The summed E-state index contributed by atoms with van der Waals surface area (Å²) in [6, 6.07) is 10.0. The van der Waals surface area contributed by atoms with Crippen molar-refractivity contribution in [1.29, 1.82) is 0 Å². The zero-order valence-corrected chi connectivity index (χ0v) is 13.7. The molecule has 7 heteroatoms. The van der Waals surface area contributed by atoms with Crippen molar-refractivity contribution >= 4 is 23.1 Å². The Labute approximate surface area is 143 Å². The molecule has 1 aromatic carbocycles. The lowest BCUT2D eigenvalue weighted by Gasteiger charge is -2.08. The first kappa shape index (κ1) is 16.4. The molecule has 0 spiro atoms. The Bertz CT molecular complexity index is 1040. The van der Waals surface area contributed by atoms with Crippen molar-refractivity contribution in [2.45, 2.75) is 6.92 Å². The third-order valence-electron chi connectivity index (χ3n) is 3.70. The number of carbonyl (C=O) groups is 2. The largest absolute Gasteiger partial charge is 0.355 e. The predicted molar refractivity (Wildman–Crippen MR) is 94.0 cm³/mol. The minimum absolute atomic E-state index is 0.0755. The number of benzene rings is 1. The van der Waals surface area contributed by atoms with Crippen LogP contribution in [0.4, 0.5) is 5.69 Å². The number of pyridine rings is 1. The van der Waals surface area contributed by atoms with Crippen molar-refractivity contribution in [2.24, 2.45) is 0 Å². The zero-order valence-electron chi connectivity index (χ0n) is 13.7. The first-order valence-corrected chi connectivity index (χ1v) is 7.61. The van der Waals surface area contributed by atoms with Crippen LogP contribution in [0.25, 0.3) is 5.65 Å². The number of nitrogens with one attached hydrogen (secondary N) is 2. The summed E-state index contributed by atoms with van der Waals surface area (Å²) in [6.45, 7) is 1.85. The van der Waals surface area contributed by atoms with E-state index in [1.54, 1.807) is 30.5 Å². The minimum atomic E-state index is -0.581. The average Bonchev–Trinajstić information content (AvgIpc) is 2.62. The van der Waals surface area contributed by atoms with Gasteiger partial charge in [0, 0.05) is 30.7 Å². The molecule has 2 heterocycles. The lowest BCUT2D eigenvalue weighted by molar-refractivity contribution is 0.0961. The predicted octanol–water partition coefficient (Wildman–Crippen LogP) is 1.61. The average molecular weight is 336 g/mol. The molecule has 0 radical (unpaired) electrons. The summed E-state index contributed by atoms with van der Waals surface area (Å²) < 4.78 is 1.34. The van der Waals surface area contributed by atoms with E-state index >= 15 is 0 Å². The molecule has 0 aliphatic rings. The molecule has 0 saturated heterocycles. The Morgan fingerprint density at radius 3 is 2.68 bits per heavy atom. The van der Waals surface area contributed by atoms with Gasteiger partial charge in [0.25, 0.3) is 17.4 Å². The molecule has 0 saturated carbocycles. The first-order chi connectivity index (χ1) is 12.0. The molecule has 2 aromatic heterocycles. The van der Waals surface area contributed by atoms with E-state index in [0.29, 0.717) is 16.9 Å². The van der Waals surface area contributed by atoms with Crippen LogP contribution < -0.4 is 16.2 Å². The van der Waals surface area contributed by atoms with E-state index in [0.717, 1.165) is 5.56 Å². The quantitative estimate of drug-likeness (QED) is 0.760. The van der Waals surface area contributed by atoms with Crippen molar-refractivity contribution in [2.75, 3.05) is 12.4 Å². The molecule has 0 atom stereocenters. The van der Waals surface area contributed by atoms with Gasteiger partial charge in [-0.25, -0.2) is 4.98 Å². The number of aromatic nitrogens is 2. The van der Waals surface area contributed by atoms with Gasteiger partial charge >= 0.3 is 0 Å². The maximum atomic E-state index is 12.5. The number of hydrogen-bond acceptors (Lipinski definition) is 4. The number of fused-ring (bicyclic) bond motifs is 1. The lowest BCUT2D eigenvalue weighted by atomic mass is 10.2. The number of carbonyl (C=O) groups excluding carboxylic acids is 2. The first-order valence-electron chi connectivity index (χ1n) is 7.61. The standard InChI is InChI=1S/C18H16N4O3/c1-11-6-7-15-20-9-14(18(25)22(15)10-11)17(24)21-13-5-3-4-12(8-13)16(23)19-2/h3-10H,1-2H3,(H,19,23)(H,21,24). The van der Waals surface area contributed by atoms with E-state index in [1.165, 1.54) is 23.7 Å². The second kappa shape index (κ2) is 6.56. The minimum Gasteiger partial charge on any atom is -0.355 e. The number of rotatable bonds is 3. The van der Waals surface area contributed by atoms with E-state index in [-0.39, 0.29) is 11.5 Å². The van der Waals surface area contributed by atoms with Crippen LogP contribution in [-0.4, -0.2) is 28.2 Å². The molecule has 126 valence electrons. The third kappa shape index (κ3) is 3.25. The smallest absolute Gasteiger partial charge is 0.270 e. The summed E-state index contributed by atoms with van der Waals surface area (Å²) >= 11 is 0. The fourth-order valence-electron chi connectivity index (χ4n) is 2.42. The molecular weight excluding hydrogens is 320 g/mol.